The van der Waals surface area contributed by atoms with Crippen LogP contribution in [0.5, 0.6) is 0 Å². The Morgan fingerprint density at radius 2 is 2.00 bits per heavy atom. The molecule has 4 heteroatoms. The highest BCUT2D eigenvalue weighted by molar-refractivity contribution is 7.21. The molecule has 0 fully saturated rings. The first-order valence-corrected chi connectivity index (χ1v) is 6.76. The molecule has 0 saturated carbocycles. The van der Waals surface area contributed by atoms with Crippen molar-refractivity contribution >= 4 is 33.2 Å². The van der Waals surface area contributed by atoms with E-state index in [1.165, 1.54) is 0 Å². The summed E-state index contributed by atoms with van der Waals surface area (Å²) in [7, 11) is 0. The van der Waals surface area contributed by atoms with Gasteiger partial charge in [0.05, 0.1) is 20.1 Å². The molecule has 0 saturated heterocycles. The van der Waals surface area contributed by atoms with Crippen LogP contribution in [-0.2, 0) is 0 Å². The maximum Gasteiger partial charge on any atom is 0.184 e. The second-order valence-electron chi connectivity index (χ2n) is 4.35. The smallest absolute Gasteiger partial charge is 0.184 e. The number of benzene rings is 2. The zero-order valence-corrected chi connectivity index (χ0v) is 11.5. The minimum atomic E-state index is -0.0305. The number of aromatic nitrogens is 1. The SMILES string of the molecule is Cc1ccc2sc3cc(=O)c(C)c(Cl)c-3nc2c1. The number of halogens is 1. The summed E-state index contributed by atoms with van der Waals surface area (Å²) in [6.07, 6.45) is 0. The van der Waals surface area contributed by atoms with Gasteiger partial charge in [0.1, 0.15) is 5.69 Å². The largest absolute Gasteiger partial charge is 0.290 e. The normalized spacial score (nSPS) is 11.3. The van der Waals surface area contributed by atoms with Crippen LogP contribution in [0.25, 0.3) is 20.8 Å². The summed E-state index contributed by atoms with van der Waals surface area (Å²) in [6.45, 7) is 3.76. The molecule has 1 aromatic rings. The van der Waals surface area contributed by atoms with Gasteiger partial charge in [-0.3, -0.25) is 4.79 Å². The molecule has 2 nitrogen and oxygen atoms in total. The molecule has 1 heterocycles. The molecule has 3 rings (SSSR count). The highest BCUT2D eigenvalue weighted by atomic mass is 35.5. The van der Waals surface area contributed by atoms with E-state index in [4.69, 9.17) is 11.6 Å². The number of aryl methyl sites for hydroxylation is 1. The predicted molar refractivity (Wildman–Crippen MR) is 77.0 cm³/mol. The maximum atomic E-state index is 11.7. The first-order valence-electron chi connectivity index (χ1n) is 5.56. The van der Waals surface area contributed by atoms with Crippen LogP contribution in [0.15, 0.2) is 29.1 Å². The molecule has 0 spiro atoms. The molecule has 1 aliphatic carbocycles. The highest BCUT2D eigenvalue weighted by Gasteiger charge is 2.15. The third kappa shape index (κ3) is 1.71. The van der Waals surface area contributed by atoms with Crippen molar-refractivity contribution in [2.24, 2.45) is 0 Å². The van der Waals surface area contributed by atoms with Gasteiger partial charge in [-0.05, 0) is 31.5 Å². The topological polar surface area (TPSA) is 30.0 Å². The van der Waals surface area contributed by atoms with Crippen molar-refractivity contribution in [1.82, 2.24) is 4.98 Å². The van der Waals surface area contributed by atoms with Crippen LogP contribution in [0.1, 0.15) is 11.1 Å². The first kappa shape index (κ1) is 11.6. The molecule has 0 bridgehead atoms. The fraction of sp³-hybridized carbons (Fsp3) is 0.143. The third-order valence-corrected chi connectivity index (χ3v) is 4.53. The molecule has 1 aliphatic heterocycles. The number of hydrogen-bond acceptors (Lipinski definition) is 3. The average molecular weight is 276 g/mol. The molecule has 18 heavy (non-hydrogen) atoms. The molecule has 0 atom stereocenters. The van der Waals surface area contributed by atoms with Gasteiger partial charge in [0.2, 0.25) is 0 Å². The predicted octanol–water partition coefficient (Wildman–Crippen LogP) is 4.03. The van der Waals surface area contributed by atoms with Gasteiger partial charge in [-0.1, -0.05) is 17.7 Å². The van der Waals surface area contributed by atoms with Crippen molar-refractivity contribution in [2.75, 3.05) is 0 Å². The van der Waals surface area contributed by atoms with Crippen LogP contribution in [0.4, 0.5) is 0 Å². The van der Waals surface area contributed by atoms with Gasteiger partial charge < -0.3 is 0 Å². The Morgan fingerprint density at radius 1 is 1.22 bits per heavy atom. The van der Waals surface area contributed by atoms with Crippen molar-refractivity contribution < 1.29 is 0 Å². The fourth-order valence-electron chi connectivity index (χ4n) is 1.91. The molecule has 1 aromatic carbocycles. The molecular weight excluding hydrogens is 266 g/mol. The number of fused-ring (bicyclic) bond motifs is 2. The Bertz CT molecular complexity index is 794. The molecule has 0 unspecified atom stereocenters. The second-order valence-corrected chi connectivity index (χ2v) is 5.81. The summed E-state index contributed by atoms with van der Waals surface area (Å²) in [5.41, 5.74) is 3.34. The van der Waals surface area contributed by atoms with E-state index in [1.54, 1.807) is 24.3 Å². The number of rotatable bonds is 0. The quantitative estimate of drug-likeness (QED) is 0.580. The van der Waals surface area contributed by atoms with Gasteiger partial charge >= 0.3 is 0 Å². The zero-order valence-electron chi connectivity index (χ0n) is 9.95. The molecule has 0 amide bonds. The van der Waals surface area contributed by atoms with Crippen molar-refractivity contribution in [1.29, 1.82) is 0 Å². The van der Waals surface area contributed by atoms with Gasteiger partial charge in [-0.25, -0.2) is 4.98 Å². The van der Waals surface area contributed by atoms with Crippen LogP contribution >= 0.6 is 22.9 Å². The van der Waals surface area contributed by atoms with Crippen LogP contribution in [0, 0.1) is 13.8 Å². The Balaban J connectivity index is 2.50. The third-order valence-electron chi connectivity index (χ3n) is 2.97. The van der Waals surface area contributed by atoms with Crippen molar-refractivity contribution in [3.8, 4) is 10.6 Å². The van der Waals surface area contributed by atoms with E-state index in [-0.39, 0.29) is 5.43 Å². The number of nitrogens with zero attached hydrogens (tertiary/aromatic N) is 1. The summed E-state index contributed by atoms with van der Waals surface area (Å²) in [5.74, 6) is 0. The Morgan fingerprint density at radius 3 is 2.78 bits per heavy atom. The lowest BCUT2D eigenvalue weighted by Gasteiger charge is -2.09. The van der Waals surface area contributed by atoms with E-state index < -0.39 is 0 Å². The van der Waals surface area contributed by atoms with Gasteiger partial charge in [0.15, 0.2) is 5.43 Å². The molecular formula is C14H10ClNOS. The molecule has 0 radical (unpaired) electrons. The summed E-state index contributed by atoms with van der Waals surface area (Å²) in [6, 6.07) is 7.72. The summed E-state index contributed by atoms with van der Waals surface area (Å²) in [4.78, 5) is 17.2. The van der Waals surface area contributed by atoms with E-state index in [1.807, 2.05) is 25.1 Å². The van der Waals surface area contributed by atoms with Gasteiger partial charge in [0, 0.05) is 11.6 Å². The standard InChI is InChI=1S/C14H10ClNOS/c1-7-3-4-11-9(5-7)16-14-12(18-11)6-10(17)8(2)13(14)15/h3-6H,1-2H3. The lowest BCUT2D eigenvalue weighted by Crippen LogP contribution is -2.06. The lowest BCUT2D eigenvalue weighted by molar-refractivity contribution is 1.33. The van der Waals surface area contributed by atoms with Crippen LogP contribution in [0.3, 0.4) is 0 Å². The minimum Gasteiger partial charge on any atom is -0.290 e. The highest BCUT2D eigenvalue weighted by Crippen LogP contribution is 2.35. The average Bonchev–Trinajstić information content (AvgIpc) is 2.35. The van der Waals surface area contributed by atoms with Crippen molar-refractivity contribution in [3.05, 3.63) is 50.6 Å². The fourth-order valence-corrected chi connectivity index (χ4v) is 3.20. The van der Waals surface area contributed by atoms with E-state index in [9.17, 15) is 4.79 Å². The molecule has 2 aliphatic rings. The molecule has 0 aromatic heterocycles. The first-order chi connectivity index (χ1) is 8.56. The van der Waals surface area contributed by atoms with Crippen LogP contribution in [0.2, 0.25) is 5.02 Å². The van der Waals surface area contributed by atoms with Crippen LogP contribution < -0.4 is 5.43 Å². The van der Waals surface area contributed by atoms with Crippen molar-refractivity contribution in [2.45, 2.75) is 13.8 Å². The van der Waals surface area contributed by atoms with E-state index >= 15 is 0 Å². The lowest BCUT2D eigenvalue weighted by atomic mass is 10.1. The summed E-state index contributed by atoms with van der Waals surface area (Å²) < 4.78 is 1.06. The Hall–Kier alpha value is -1.45. The zero-order chi connectivity index (χ0) is 12.9. The van der Waals surface area contributed by atoms with Crippen LogP contribution in [-0.4, -0.2) is 4.98 Å². The van der Waals surface area contributed by atoms with E-state index in [0.29, 0.717) is 10.6 Å². The van der Waals surface area contributed by atoms with Gasteiger partial charge in [0.25, 0.3) is 0 Å². The van der Waals surface area contributed by atoms with Gasteiger partial charge in [-0.2, -0.15) is 0 Å². The molecule has 90 valence electrons. The van der Waals surface area contributed by atoms with Gasteiger partial charge in [-0.15, -0.1) is 11.3 Å². The summed E-state index contributed by atoms with van der Waals surface area (Å²) >= 11 is 7.77. The Kier molecular flexibility index (Phi) is 2.61. The maximum absolute atomic E-state index is 11.7. The Labute approximate surface area is 113 Å². The second kappa shape index (κ2) is 4.04. The van der Waals surface area contributed by atoms with Crippen molar-refractivity contribution in [3.63, 3.8) is 0 Å². The molecule has 0 N–H and O–H groups in total. The minimum absolute atomic E-state index is 0.0305. The van der Waals surface area contributed by atoms with E-state index in [2.05, 4.69) is 4.98 Å². The van der Waals surface area contributed by atoms with E-state index in [0.717, 1.165) is 26.4 Å². The summed E-state index contributed by atoms with van der Waals surface area (Å²) in [5, 5.41) is 0.470. The monoisotopic (exact) mass is 275 g/mol. The number of hydrogen-bond donors (Lipinski definition) is 0.